The lowest BCUT2D eigenvalue weighted by molar-refractivity contribution is 0.376. The number of hydrogen-bond donors (Lipinski definition) is 2. The number of hydrogen-bond acceptors (Lipinski definition) is 9. The van der Waals surface area contributed by atoms with Crippen molar-refractivity contribution in [3.8, 4) is 35.0 Å². The highest BCUT2D eigenvalue weighted by Gasteiger charge is 2.29. The molecule has 1 aromatic heterocycles. The minimum atomic E-state index is -0.326. The maximum absolute atomic E-state index is 11.3. The summed E-state index contributed by atoms with van der Waals surface area (Å²) in [5, 5.41) is 23.1. The Labute approximate surface area is 317 Å². The second-order valence-corrected chi connectivity index (χ2v) is 20.5. The van der Waals surface area contributed by atoms with E-state index in [1.165, 1.54) is 38.5 Å². The van der Waals surface area contributed by atoms with Crippen LogP contribution in [-0.2, 0) is 21.7 Å². The zero-order valence-corrected chi connectivity index (χ0v) is 35.5. The zero-order valence-electron chi connectivity index (χ0n) is 33.9. The van der Waals surface area contributed by atoms with E-state index in [2.05, 4.69) is 102 Å². The van der Waals surface area contributed by atoms with Crippen molar-refractivity contribution in [3.63, 3.8) is 0 Å². The molecular weight excluding hydrogens is 675 g/mol. The van der Waals surface area contributed by atoms with Crippen molar-refractivity contribution in [2.24, 2.45) is 0 Å². The molecular formula is C42H65N3O4S2. The maximum Gasteiger partial charge on any atom is 0.329 e. The largest absolute Gasteiger partial charge is 0.507 e. The Balaban J connectivity index is 2.08. The van der Waals surface area contributed by atoms with Gasteiger partial charge in [-0.25, -0.2) is 0 Å². The first-order valence-electron chi connectivity index (χ1n) is 18.7. The first kappa shape index (κ1) is 42.8. The molecule has 284 valence electrons. The molecule has 0 aliphatic rings. The molecule has 2 N–H and O–H groups in total. The van der Waals surface area contributed by atoms with Crippen molar-refractivity contribution in [1.82, 2.24) is 15.0 Å². The van der Waals surface area contributed by atoms with Gasteiger partial charge in [0.25, 0.3) is 0 Å². The van der Waals surface area contributed by atoms with E-state index in [4.69, 9.17) is 19.4 Å². The highest BCUT2D eigenvalue weighted by molar-refractivity contribution is 8.16. The number of phenols is 2. The Morgan fingerprint density at radius 3 is 1.29 bits per heavy atom. The Morgan fingerprint density at radius 1 is 0.569 bits per heavy atom. The molecule has 1 unspecified atom stereocenters. The van der Waals surface area contributed by atoms with E-state index in [0.717, 1.165) is 34.4 Å². The summed E-state index contributed by atoms with van der Waals surface area (Å²) in [6.45, 7) is 29.3. The predicted octanol–water partition coefficient (Wildman–Crippen LogP) is 13.0. The van der Waals surface area contributed by atoms with Gasteiger partial charge in [0.15, 0.2) is 5.16 Å². The standard InChI is InChI=1S/C42H65N3O4S2/c1-15-17-18-19-20-21-22-50-33(16-2)51-38-44-36(48-27-23-29(39(3,4)5)34(46)30(24-27)40(6,7)8)43-37(45-38)49-28-25-31(41(9,10)11)35(47)32(26-28)42(12,13)14/h23-26,33,46-47H,15-22H2,1-14H3. The van der Waals surface area contributed by atoms with Gasteiger partial charge in [0, 0.05) is 22.3 Å². The SMILES string of the molecule is CCCCCCCCSC(CC)Sc1nc(Oc2cc(C(C)(C)C)c(O)c(C(C)(C)C)c2)nc(Oc2cc(C(C)(C)C)c(O)c(C(C)(C)C)c2)n1. The lowest BCUT2D eigenvalue weighted by Crippen LogP contribution is -2.17. The lowest BCUT2D eigenvalue weighted by atomic mass is 9.79. The Kier molecular flexibility index (Phi) is 14.6. The smallest absolute Gasteiger partial charge is 0.329 e. The fourth-order valence-corrected chi connectivity index (χ4v) is 8.10. The molecule has 0 amide bonds. The number of aromatic hydroxyl groups is 2. The third kappa shape index (κ3) is 12.5. The van der Waals surface area contributed by atoms with Crippen LogP contribution in [-0.4, -0.2) is 35.5 Å². The van der Waals surface area contributed by atoms with Gasteiger partial charge in [-0.3, -0.25) is 0 Å². The highest BCUT2D eigenvalue weighted by atomic mass is 32.2. The summed E-state index contributed by atoms with van der Waals surface area (Å²) in [6.07, 6.45) is 8.59. The van der Waals surface area contributed by atoms with E-state index in [1.807, 2.05) is 36.0 Å². The topological polar surface area (TPSA) is 97.6 Å². The molecule has 0 saturated heterocycles. The summed E-state index contributed by atoms with van der Waals surface area (Å²) in [5.74, 6) is 2.73. The van der Waals surface area contributed by atoms with Crippen molar-refractivity contribution >= 4 is 23.5 Å². The Hall–Kier alpha value is -2.65. The summed E-state index contributed by atoms with van der Waals surface area (Å²) in [4.78, 5) is 14.3. The molecule has 2 aromatic carbocycles. The fraction of sp³-hybridized carbons (Fsp3) is 0.643. The Morgan fingerprint density at radius 2 is 0.941 bits per heavy atom. The van der Waals surface area contributed by atoms with E-state index < -0.39 is 0 Å². The van der Waals surface area contributed by atoms with Crippen LogP contribution in [0.3, 0.4) is 0 Å². The molecule has 1 atom stereocenters. The molecule has 51 heavy (non-hydrogen) atoms. The van der Waals surface area contributed by atoms with Crippen LogP contribution in [0.15, 0.2) is 29.4 Å². The van der Waals surface area contributed by atoms with E-state index in [9.17, 15) is 10.2 Å². The second-order valence-electron chi connectivity index (χ2n) is 17.7. The van der Waals surface area contributed by atoms with Crippen molar-refractivity contribution in [3.05, 3.63) is 46.5 Å². The fourth-order valence-electron chi connectivity index (χ4n) is 5.75. The predicted molar refractivity (Wildman–Crippen MR) is 217 cm³/mol. The third-order valence-corrected chi connectivity index (χ3v) is 11.7. The van der Waals surface area contributed by atoms with Crippen LogP contribution < -0.4 is 9.47 Å². The van der Waals surface area contributed by atoms with Crippen LogP contribution in [0.2, 0.25) is 0 Å². The molecule has 0 fully saturated rings. The van der Waals surface area contributed by atoms with Crippen molar-refractivity contribution in [2.45, 2.75) is 173 Å². The molecule has 9 heteroatoms. The van der Waals surface area contributed by atoms with Gasteiger partial charge >= 0.3 is 12.0 Å². The molecule has 0 saturated carbocycles. The Bertz CT molecular complexity index is 1430. The van der Waals surface area contributed by atoms with Crippen LogP contribution in [0.1, 0.15) is 164 Å². The van der Waals surface area contributed by atoms with Crippen molar-refractivity contribution in [1.29, 1.82) is 0 Å². The highest BCUT2D eigenvalue weighted by Crippen LogP contribution is 2.44. The van der Waals surface area contributed by atoms with Gasteiger partial charge in [0.05, 0.1) is 4.58 Å². The molecule has 3 rings (SSSR count). The van der Waals surface area contributed by atoms with E-state index in [-0.39, 0.29) is 49.8 Å². The average molecular weight is 740 g/mol. The van der Waals surface area contributed by atoms with Crippen LogP contribution in [0, 0.1) is 0 Å². The van der Waals surface area contributed by atoms with Gasteiger partial charge in [0.2, 0.25) is 0 Å². The minimum Gasteiger partial charge on any atom is -0.507 e. The maximum atomic E-state index is 11.3. The summed E-state index contributed by atoms with van der Waals surface area (Å²) < 4.78 is 13.1. The van der Waals surface area contributed by atoms with Crippen molar-refractivity contribution < 1.29 is 19.7 Å². The molecule has 3 aromatic rings. The summed E-state index contributed by atoms with van der Waals surface area (Å²) in [6, 6.07) is 7.73. The number of aromatic nitrogens is 3. The number of phenolic OH excluding ortho intramolecular Hbond substituents is 2. The van der Waals surface area contributed by atoms with Gasteiger partial charge in [0.1, 0.15) is 23.0 Å². The van der Waals surface area contributed by atoms with Gasteiger partial charge in [-0.1, -0.05) is 141 Å². The number of benzene rings is 2. The van der Waals surface area contributed by atoms with Gasteiger partial charge in [-0.05, 0) is 64.5 Å². The number of ether oxygens (including phenoxy) is 2. The molecule has 0 spiro atoms. The zero-order chi connectivity index (χ0) is 38.4. The normalized spacial score (nSPS) is 13.4. The van der Waals surface area contributed by atoms with Gasteiger partial charge in [-0.2, -0.15) is 9.97 Å². The summed E-state index contributed by atoms with van der Waals surface area (Å²) in [5.41, 5.74) is 1.85. The number of unbranched alkanes of at least 4 members (excludes halogenated alkanes) is 5. The van der Waals surface area contributed by atoms with E-state index in [0.29, 0.717) is 16.7 Å². The van der Waals surface area contributed by atoms with E-state index in [1.54, 1.807) is 11.8 Å². The summed E-state index contributed by atoms with van der Waals surface area (Å²) in [7, 11) is 0. The van der Waals surface area contributed by atoms with Crippen LogP contribution in [0.4, 0.5) is 0 Å². The first-order chi connectivity index (χ1) is 23.5. The van der Waals surface area contributed by atoms with Crippen LogP contribution in [0.5, 0.6) is 35.0 Å². The van der Waals surface area contributed by atoms with Crippen LogP contribution in [0.25, 0.3) is 0 Å². The number of nitrogens with zero attached hydrogens (tertiary/aromatic N) is 3. The molecule has 0 radical (unpaired) electrons. The summed E-state index contributed by atoms with van der Waals surface area (Å²) >= 11 is 3.55. The molecule has 0 aliphatic heterocycles. The monoisotopic (exact) mass is 739 g/mol. The number of rotatable bonds is 15. The first-order valence-corrected chi connectivity index (χ1v) is 20.6. The van der Waals surface area contributed by atoms with E-state index >= 15 is 0 Å². The quantitative estimate of drug-likeness (QED) is 0.0896. The minimum absolute atomic E-state index is 0.120. The second kappa shape index (κ2) is 17.5. The average Bonchev–Trinajstić information content (AvgIpc) is 2.99. The molecule has 7 nitrogen and oxygen atoms in total. The molecule has 1 heterocycles. The molecule has 0 aliphatic carbocycles. The third-order valence-electron chi connectivity index (χ3n) is 8.76. The molecule has 0 bridgehead atoms. The number of thioether (sulfide) groups is 2. The van der Waals surface area contributed by atoms with Crippen LogP contribution >= 0.6 is 23.5 Å². The van der Waals surface area contributed by atoms with Crippen molar-refractivity contribution in [2.75, 3.05) is 5.75 Å². The lowest BCUT2D eigenvalue weighted by Gasteiger charge is -2.28. The van der Waals surface area contributed by atoms with Gasteiger partial charge < -0.3 is 19.7 Å². The van der Waals surface area contributed by atoms with Gasteiger partial charge in [-0.15, -0.1) is 16.7 Å².